The maximum Gasteiger partial charge on any atom is 0.127 e. The van der Waals surface area contributed by atoms with Crippen LogP contribution >= 0.6 is 0 Å². The van der Waals surface area contributed by atoms with Crippen molar-refractivity contribution in [3.8, 4) is 11.5 Å². The molecule has 0 amide bonds. The van der Waals surface area contributed by atoms with Crippen molar-refractivity contribution in [1.29, 1.82) is 0 Å². The highest BCUT2D eigenvalue weighted by molar-refractivity contribution is 5.88. The van der Waals surface area contributed by atoms with E-state index in [1.165, 1.54) is 22.4 Å². The molecule has 0 radical (unpaired) electrons. The number of hydrogen-bond donors (Lipinski definition) is 0. The summed E-state index contributed by atoms with van der Waals surface area (Å²) in [6, 6.07) is 22.5. The van der Waals surface area contributed by atoms with E-state index in [0.29, 0.717) is 0 Å². The number of rotatable bonds is 5. The summed E-state index contributed by atoms with van der Waals surface area (Å²) in [5.41, 5.74) is 7.15. The van der Waals surface area contributed by atoms with Crippen molar-refractivity contribution in [3.05, 3.63) is 89.5 Å². The Morgan fingerprint density at radius 2 is 1.55 bits per heavy atom. The summed E-state index contributed by atoms with van der Waals surface area (Å²) < 4.78 is 5.90. The summed E-state index contributed by atoms with van der Waals surface area (Å²) in [7, 11) is 0. The molecule has 3 aromatic rings. The van der Waals surface area contributed by atoms with Gasteiger partial charge in [0.25, 0.3) is 0 Å². The van der Waals surface area contributed by atoms with Gasteiger partial charge in [-0.25, -0.2) is 0 Å². The Labute approximate surface area is 185 Å². The van der Waals surface area contributed by atoms with Crippen LogP contribution in [-0.4, -0.2) is 18.3 Å². The highest BCUT2D eigenvalue weighted by atomic mass is 16.5. The largest absolute Gasteiger partial charge is 0.457 e. The van der Waals surface area contributed by atoms with Gasteiger partial charge in [0.1, 0.15) is 11.5 Å². The smallest absolute Gasteiger partial charge is 0.127 e. The molecule has 0 atom stereocenters. The molecule has 0 N–H and O–H groups in total. The van der Waals surface area contributed by atoms with E-state index < -0.39 is 0 Å². The van der Waals surface area contributed by atoms with Gasteiger partial charge in [-0.3, -0.25) is 4.99 Å². The number of anilines is 1. The van der Waals surface area contributed by atoms with E-state index >= 15 is 0 Å². The molecule has 3 nitrogen and oxygen atoms in total. The van der Waals surface area contributed by atoms with Gasteiger partial charge in [0.15, 0.2) is 0 Å². The summed E-state index contributed by atoms with van der Waals surface area (Å²) >= 11 is 0. The number of aryl methyl sites for hydroxylation is 1. The van der Waals surface area contributed by atoms with Gasteiger partial charge in [-0.15, -0.1) is 0 Å². The lowest BCUT2D eigenvalue weighted by Crippen LogP contribution is -2.44. The molecular formula is C28H30N2O. The van der Waals surface area contributed by atoms with Crippen molar-refractivity contribution in [3.63, 3.8) is 0 Å². The number of nitrogens with zero attached hydrogens (tertiary/aromatic N) is 2. The SMILES string of the molecule is CCN1c2ccc(C=Nc3ccc(Oc4ccc(C)cc4)cc3)cc2C(C)=CC1(C)C. The van der Waals surface area contributed by atoms with Gasteiger partial charge in [0.05, 0.1) is 11.2 Å². The van der Waals surface area contributed by atoms with Gasteiger partial charge >= 0.3 is 0 Å². The summed E-state index contributed by atoms with van der Waals surface area (Å²) in [5, 5.41) is 0. The van der Waals surface area contributed by atoms with Crippen LogP contribution < -0.4 is 9.64 Å². The Morgan fingerprint density at radius 1 is 0.903 bits per heavy atom. The molecular weight excluding hydrogens is 380 g/mol. The molecule has 1 heterocycles. The molecule has 0 saturated heterocycles. The predicted octanol–water partition coefficient (Wildman–Crippen LogP) is 7.56. The van der Waals surface area contributed by atoms with Crippen LogP contribution in [0.25, 0.3) is 5.57 Å². The van der Waals surface area contributed by atoms with Crippen molar-refractivity contribution in [1.82, 2.24) is 0 Å². The predicted molar refractivity (Wildman–Crippen MR) is 132 cm³/mol. The lowest BCUT2D eigenvalue weighted by Gasteiger charge is -2.42. The van der Waals surface area contributed by atoms with Crippen molar-refractivity contribution in [2.45, 2.75) is 40.2 Å². The fourth-order valence-corrected chi connectivity index (χ4v) is 4.25. The summed E-state index contributed by atoms with van der Waals surface area (Å²) in [4.78, 5) is 7.11. The van der Waals surface area contributed by atoms with Crippen molar-refractivity contribution in [2.75, 3.05) is 11.4 Å². The van der Waals surface area contributed by atoms with Gasteiger partial charge in [0, 0.05) is 24.0 Å². The van der Waals surface area contributed by atoms with Gasteiger partial charge in [-0.05, 0) is 94.3 Å². The van der Waals surface area contributed by atoms with Crippen LogP contribution in [0, 0.1) is 6.92 Å². The topological polar surface area (TPSA) is 24.8 Å². The van der Waals surface area contributed by atoms with Gasteiger partial charge < -0.3 is 9.64 Å². The van der Waals surface area contributed by atoms with Gasteiger partial charge in [-0.2, -0.15) is 0 Å². The quantitative estimate of drug-likeness (QED) is 0.405. The Morgan fingerprint density at radius 3 is 2.19 bits per heavy atom. The Bertz CT molecular complexity index is 1120. The van der Waals surface area contributed by atoms with Crippen LogP contribution in [-0.2, 0) is 0 Å². The van der Waals surface area contributed by atoms with Crippen LogP contribution in [0.5, 0.6) is 11.5 Å². The molecule has 0 aliphatic carbocycles. The molecule has 0 bridgehead atoms. The molecule has 0 unspecified atom stereocenters. The van der Waals surface area contributed by atoms with Crippen LogP contribution in [0.3, 0.4) is 0 Å². The number of fused-ring (bicyclic) bond motifs is 1. The van der Waals surface area contributed by atoms with E-state index in [4.69, 9.17) is 4.74 Å². The highest BCUT2D eigenvalue weighted by Crippen LogP contribution is 2.39. The fraction of sp³-hybridized carbons (Fsp3) is 0.250. The number of hydrogen-bond acceptors (Lipinski definition) is 3. The first-order valence-electron chi connectivity index (χ1n) is 10.9. The normalized spacial score (nSPS) is 15.0. The van der Waals surface area contributed by atoms with E-state index in [1.54, 1.807) is 0 Å². The number of likely N-dealkylation sites (N-methyl/N-ethyl adjacent to an activating group) is 1. The Kier molecular flexibility index (Phi) is 5.69. The second kappa shape index (κ2) is 8.43. The van der Waals surface area contributed by atoms with Crippen molar-refractivity contribution >= 4 is 23.2 Å². The third-order valence-corrected chi connectivity index (χ3v) is 5.77. The van der Waals surface area contributed by atoms with Crippen molar-refractivity contribution in [2.24, 2.45) is 4.99 Å². The van der Waals surface area contributed by atoms with Crippen LogP contribution in [0.1, 0.15) is 44.4 Å². The monoisotopic (exact) mass is 410 g/mol. The first-order chi connectivity index (χ1) is 14.9. The highest BCUT2D eigenvalue weighted by Gasteiger charge is 2.29. The first kappa shape index (κ1) is 20.9. The molecule has 3 aromatic carbocycles. The van der Waals surface area contributed by atoms with Crippen LogP contribution in [0.4, 0.5) is 11.4 Å². The standard InChI is InChI=1S/C28H30N2O/c1-6-30-27-16-9-22(17-26(27)21(3)18-28(30,4)5)19-29-23-10-14-25(15-11-23)31-24-12-7-20(2)8-13-24/h7-19H,6H2,1-5H3. The lowest BCUT2D eigenvalue weighted by molar-refractivity contribution is 0.482. The molecule has 158 valence electrons. The lowest BCUT2D eigenvalue weighted by atomic mass is 9.88. The zero-order chi connectivity index (χ0) is 22.0. The fourth-order valence-electron chi connectivity index (χ4n) is 4.25. The minimum atomic E-state index is 0.0316. The molecule has 31 heavy (non-hydrogen) atoms. The second-order valence-corrected chi connectivity index (χ2v) is 8.67. The van der Waals surface area contributed by atoms with Crippen molar-refractivity contribution < 1.29 is 4.74 Å². The average Bonchev–Trinajstić information content (AvgIpc) is 2.75. The molecule has 1 aliphatic heterocycles. The van der Waals surface area contributed by atoms with E-state index in [9.17, 15) is 0 Å². The Hall–Kier alpha value is -3.33. The molecule has 0 aromatic heterocycles. The number of aliphatic imine (C=N–C) groups is 1. The zero-order valence-corrected chi connectivity index (χ0v) is 19.0. The number of benzene rings is 3. The average molecular weight is 411 g/mol. The summed E-state index contributed by atoms with van der Waals surface area (Å²) in [5.74, 6) is 1.64. The van der Waals surface area contributed by atoms with E-state index in [-0.39, 0.29) is 5.54 Å². The van der Waals surface area contributed by atoms with E-state index in [2.05, 4.69) is 68.8 Å². The maximum absolute atomic E-state index is 5.90. The maximum atomic E-state index is 5.90. The third-order valence-electron chi connectivity index (χ3n) is 5.77. The molecule has 0 fully saturated rings. The molecule has 3 heteroatoms. The van der Waals surface area contributed by atoms with E-state index in [0.717, 1.165) is 29.3 Å². The molecule has 0 saturated carbocycles. The van der Waals surface area contributed by atoms with E-state index in [1.807, 2.05) is 54.7 Å². The number of allylic oxidation sites excluding steroid dienone is 1. The summed E-state index contributed by atoms with van der Waals surface area (Å²) in [6.45, 7) is 12.0. The molecule has 1 aliphatic rings. The summed E-state index contributed by atoms with van der Waals surface area (Å²) in [6.07, 6.45) is 4.28. The second-order valence-electron chi connectivity index (χ2n) is 8.67. The van der Waals surface area contributed by atoms with Gasteiger partial charge in [0.2, 0.25) is 0 Å². The van der Waals surface area contributed by atoms with Crippen LogP contribution in [0.2, 0.25) is 0 Å². The Balaban J connectivity index is 1.50. The first-order valence-corrected chi connectivity index (χ1v) is 10.9. The minimum Gasteiger partial charge on any atom is -0.457 e. The third kappa shape index (κ3) is 4.56. The minimum absolute atomic E-state index is 0.0316. The molecule has 0 spiro atoms. The van der Waals surface area contributed by atoms with Gasteiger partial charge in [-0.1, -0.05) is 29.8 Å². The van der Waals surface area contributed by atoms with Crippen LogP contribution in [0.15, 0.2) is 77.8 Å². The zero-order valence-electron chi connectivity index (χ0n) is 19.0. The number of ether oxygens (including phenoxy) is 1. The molecule has 4 rings (SSSR count).